The van der Waals surface area contributed by atoms with E-state index >= 15 is 0 Å². The molecule has 1 rings (SSSR count). The summed E-state index contributed by atoms with van der Waals surface area (Å²) in [5, 5.41) is 0. The molecule has 0 spiro atoms. The van der Waals surface area contributed by atoms with Crippen LogP contribution in [-0.4, -0.2) is 26.3 Å². The Balaban J connectivity index is 2.67. The monoisotopic (exact) mass is 271 g/mol. The van der Waals surface area contributed by atoms with Crippen molar-refractivity contribution in [3.05, 3.63) is 29.8 Å². The smallest absolute Gasteiger partial charge is 0.279 e. The zero-order valence-electron chi connectivity index (χ0n) is 11.1. The largest absolute Gasteiger partial charge is 0.399 e. The predicted octanol–water partition coefficient (Wildman–Crippen LogP) is 1.19. The molecule has 0 heterocycles. The first-order valence-electron chi connectivity index (χ1n) is 5.86. The molecule has 0 fully saturated rings. The van der Waals surface area contributed by atoms with Gasteiger partial charge in [-0.1, -0.05) is 26.0 Å². The van der Waals surface area contributed by atoms with Crippen LogP contribution in [0.5, 0.6) is 0 Å². The molecular formula is C12H21N3O2S. The molecule has 1 aromatic carbocycles. The van der Waals surface area contributed by atoms with E-state index in [4.69, 9.17) is 5.73 Å². The SMILES string of the molecule is CC(C)CNS(=O)(=O)N(C)Cc1cccc(N)c1. The second-order valence-electron chi connectivity index (χ2n) is 4.75. The zero-order valence-corrected chi connectivity index (χ0v) is 11.9. The molecule has 0 aromatic heterocycles. The minimum absolute atomic E-state index is 0.278. The lowest BCUT2D eigenvalue weighted by Gasteiger charge is -2.18. The van der Waals surface area contributed by atoms with Crippen LogP contribution < -0.4 is 10.5 Å². The Morgan fingerprint density at radius 1 is 1.39 bits per heavy atom. The van der Waals surface area contributed by atoms with Gasteiger partial charge in [0.2, 0.25) is 0 Å². The molecule has 0 radical (unpaired) electrons. The van der Waals surface area contributed by atoms with Crippen LogP contribution in [0.1, 0.15) is 19.4 Å². The van der Waals surface area contributed by atoms with Gasteiger partial charge in [0.05, 0.1) is 0 Å². The summed E-state index contributed by atoms with van der Waals surface area (Å²) in [4.78, 5) is 0. The highest BCUT2D eigenvalue weighted by atomic mass is 32.2. The second-order valence-corrected chi connectivity index (χ2v) is 6.61. The fourth-order valence-electron chi connectivity index (χ4n) is 1.42. The first-order valence-corrected chi connectivity index (χ1v) is 7.30. The first kappa shape index (κ1) is 14.9. The van der Waals surface area contributed by atoms with E-state index in [1.807, 2.05) is 26.0 Å². The van der Waals surface area contributed by atoms with Gasteiger partial charge in [0.25, 0.3) is 10.2 Å². The average Bonchev–Trinajstić information content (AvgIpc) is 2.26. The zero-order chi connectivity index (χ0) is 13.8. The lowest BCUT2D eigenvalue weighted by molar-refractivity contribution is 0.449. The van der Waals surface area contributed by atoms with E-state index in [0.29, 0.717) is 18.8 Å². The number of hydrogen-bond donors (Lipinski definition) is 2. The van der Waals surface area contributed by atoms with Crippen molar-refractivity contribution < 1.29 is 8.42 Å². The van der Waals surface area contributed by atoms with E-state index in [2.05, 4.69) is 4.72 Å². The van der Waals surface area contributed by atoms with Crippen molar-refractivity contribution in [2.24, 2.45) is 5.92 Å². The Morgan fingerprint density at radius 3 is 2.61 bits per heavy atom. The van der Waals surface area contributed by atoms with Crippen molar-refractivity contribution in [3.8, 4) is 0 Å². The van der Waals surface area contributed by atoms with Crippen LogP contribution in [0.25, 0.3) is 0 Å². The molecular weight excluding hydrogens is 250 g/mol. The predicted molar refractivity (Wildman–Crippen MR) is 74.1 cm³/mol. The summed E-state index contributed by atoms with van der Waals surface area (Å²) in [6.07, 6.45) is 0. The number of hydrogen-bond acceptors (Lipinski definition) is 3. The molecule has 18 heavy (non-hydrogen) atoms. The second kappa shape index (κ2) is 6.17. The Morgan fingerprint density at radius 2 is 2.06 bits per heavy atom. The lowest BCUT2D eigenvalue weighted by atomic mass is 10.2. The highest BCUT2D eigenvalue weighted by molar-refractivity contribution is 7.87. The number of nitrogens with zero attached hydrogens (tertiary/aromatic N) is 1. The number of benzene rings is 1. The fraction of sp³-hybridized carbons (Fsp3) is 0.500. The van der Waals surface area contributed by atoms with E-state index in [-0.39, 0.29) is 5.92 Å². The van der Waals surface area contributed by atoms with E-state index in [0.717, 1.165) is 5.56 Å². The molecule has 0 aliphatic carbocycles. The molecule has 0 aliphatic heterocycles. The third-order valence-electron chi connectivity index (χ3n) is 2.44. The van der Waals surface area contributed by atoms with E-state index in [1.54, 1.807) is 19.2 Å². The van der Waals surface area contributed by atoms with Gasteiger partial charge in [-0.2, -0.15) is 12.7 Å². The van der Waals surface area contributed by atoms with Crippen LogP contribution in [0.3, 0.4) is 0 Å². The summed E-state index contributed by atoms with van der Waals surface area (Å²) < 4.78 is 27.7. The molecule has 0 amide bonds. The van der Waals surface area contributed by atoms with Gasteiger partial charge >= 0.3 is 0 Å². The third kappa shape index (κ3) is 4.64. The van der Waals surface area contributed by atoms with Crippen molar-refractivity contribution in [2.75, 3.05) is 19.3 Å². The summed E-state index contributed by atoms with van der Waals surface area (Å²) in [7, 11) is -1.88. The van der Waals surface area contributed by atoms with Crippen molar-refractivity contribution in [1.82, 2.24) is 9.03 Å². The molecule has 0 unspecified atom stereocenters. The topological polar surface area (TPSA) is 75.4 Å². The Bertz CT molecular complexity index is 486. The molecule has 102 valence electrons. The number of rotatable bonds is 6. The van der Waals surface area contributed by atoms with Crippen LogP contribution in [-0.2, 0) is 16.8 Å². The van der Waals surface area contributed by atoms with Crippen molar-refractivity contribution in [1.29, 1.82) is 0 Å². The van der Waals surface area contributed by atoms with Gasteiger partial charge in [-0.05, 0) is 23.6 Å². The molecule has 0 bridgehead atoms. The molecule has 0 atom stereocenters. The van der Waals surface area contributed by atoms with E-state index < -0.39 is 10.2 Å². The van der Waals surface area contributed by atoms with Crippen molar-refractivity contribution >= 4 is 15.9 Å². The number of nitrogens with one attached hydrogen (secondary N) is 1. The first-order chi connectivity index (χ1) is 8.31. The van der Waals surface area contributed by atoms with Gasteiger partial charge in [0.15, 0.2) is 0 Å². The Kier molecular flexibility index (Phi) is 5.13. The van der Waals surface area contributed by atoms with Crippen LogP contribution in [0.15, 0.2) is 24.3 Å². The minimum Gasteiger partial charge on any atom is -0.399 e. The molecule has 6 heteroatoms. The van der Waals surface area contributed by atoms with Gasteiger partial charge in [0, 0.05) is 25.8 Å². The maximum Gasteiger partial charge on any atom is 0.279 e. The third-order valence-corrected chi connectivity index (χ3v) is 3.92. The van der Waals surface area contributed by atoms with E-state index in [9.17, 15) is 8.42 Å². The summed E-state index contributed by atoms with van der Waals surface area (Å²) in [6, 6.07) is 7.21. The summed E-state index contributed by atoms with van der Waals surface area (Å²) in [5.41, 5.74) is 7.16. The normalized spacial score (nSPS) is 12.3. The Labute approximate surface area is 109 Å². The maximum atomic E-state index is 11.9. The number of nitrogen functional groups attached to an aromatic ring is 1. The summed E-state index contributed by atoms with van der Waals surface area (Å²) in [6.45, 7) is 4.66. The van der Waals surface area contributed by atoms with Crippen LogP contribution in [0.2, 0.25) is 0 Å². The van der Waals surface area contributed by atoms with Crippen molar-refractivity contribution in [2.45, 2.75) is 20.4 Å². The maximum absolute atomic E-state index is 11.9. The quantitative estimate of drug-likeness (QED) is 0.763. The molecule has 0 aliphatic rings. The van der Waals surface area contributed by atoms with Crippen LogP contribution >= 0.6 is 0 Å². The molecule has 1 aromatic rings. The highest BCUT2D eigenvalue weighted by Crippen LogP contribution is 2.10. The van der Waals surface area contributed by atoms with Crippen LogP contribution in [0.4, 0.5) is 5.69 Å². The fourth-order valence-corrected chi connectivity index (χ4v) is 2.50. The number of nitrogens with two attached hydrogens (primary N) is 1. The van der Waals surface area contributed by atoms with Gasteiger partial charge in [-0.15, -0.1) is 0 Å². The van der Waals surface area contributed by atoms with E-state index in [1.165, 1.54) is 4.31 Å². The molecule has 3 N–H and O–H groups in total. The van der Waals surface area contributed by atoms with Gasteiger partial charge in [-0.25, -0.2) is 4.72 Å². The standard InChI is InChI=1S/C12H21N3O2S/c1-10(2)8-14-18(16,17)15(3)9-11-5-4-6-12(13)7-11/h4-7,10,14H,8-9,13H2,1-3H3. The number of anilines is 1. The molecule has 0 saturated heterocycles. The lowest BCUT2D eigenvalue weighted by Crippen LogP contribution is -2.39. The van der Waals surface area contributed by atoms with Gasteiger partial charge in [-0.3, -0.25) is 0 Å². The Hall–Kier alpha value is -1.11. The van der Waals surface area contributed by atoms with Crippen molar-refractivity contribution in [3.63, 3.8) is 0 Å². The minimum atomic E-state index is -3.42. The summed E-state index contributed by atoms with van der Waals surface area (Å²) in [5.74, 6) is 0.278. The highest BCUT2D eigenvalue weighted by Gasteiger charge is 2.17. The average molecular weight is 271 g/mol. The summed E-state index contributed by atoms with van der Waals surface area (Å²) >= 11 is 0. The molecule has 5 nitrogen and oxygen atoms in total. The van der Waals surface area contributed by atoms with Crippen LogP contribution in [0, 0.1) is 5.92 Å². The van der Waals surface area contributed by atoms with Gasteiger partial charge in [0.1, 0.15) is 0 Å². The molecule has 0 saturated carbocycles. The van der Waals surface area contributed by atoms with Gasteiger partial charge < -0.3 is 5.73 Å².